The van der Waals surface area contributed by atoms with E-state index in [9.17, 15) is 0 Å². The molecule has 0 aliphatic heterocycles. The van der Waals surface area contributed by atoms with Gasteiger partial charge in [0.1, 0.15) is 5.75 Å². The van der Waals surface area contributed by atoms with E-state index in [-0.39, 0.29) is 0 Å². The minimum Gasteiger partial charge on any atom is -0.439 e. The van der Waals surface area contributed by atoms with Crippen LogP contribution >= 0.6 is 11.6 Å². The lowest BCUT2D eigenvalue weighted by molar-refractivity contribution is 0.461. The van der Waals surface area contributed by atoms with E-state index in [1.165, 1.54) is 0 Å². The summed E-state index contributed by atoms with van der Waals surface area (Å²) in [5.74, 6) is 1.78. The SMILES string of the molecule is CCc1cc(Oc2cc(C)nc(NC)n2)ccc1Cl. The lowest BCUT2D eigenvalue weighted by Crippen LogP contribution is -1.99. The van der Waals surface area contributed by atoms with Crippen molar-refractivity contribution in [2.45, 2.75) is 20.3 Å². The molecule has 19 heavy (non-hydrogen) atoms. The molecule has 0 saturated heterocycles. The van der Waals surface area contributed by atoms with Crippen molar-refractivity contribution in [2.75, 3.05) is 12.4 Å². The number of hydrogen-bond donors (Lipinski definition) is 1. The van der Waals surface area contributed by atoms with E-state index in [4.69, 9.17) is 16.3 Å². The third-order valence-corrected chi connectivity index (χ3v) is 3.04. The minimum absolute atomic E-state index is 0.515. The Morgan fingerprint density at radius 3 is 2.74 bits per heavy atom. The van der Waals surface area contributed by atoms with Gasteiger partial charge in [-0.1, -0.05) is 18.5 Å². The lowest BCUT2D eigenvalue weighted by atomic mass is 10.1. The molecule has 4 nitrogen and oxygen atoms in total. The first-order valence-electron chi connectivity index (χ1n) is 6.12. The van der Waals surface area contributed by atoms with E-state index in [0.717, 1.165) is 28.5 Å². The summed E-state index contributed by atoms with van der Waals surface area (Å²) in [5, 5.41) is 3.66. The molecule has 1 aromatic heterocycles. The fourth-order valence-electron chi connectivity index (χ4n) is 1.71. The van der Waals surface area contributed by atoms with Crippen molar-refractivity contribution >= 4 is 17.5 Å². The summed E-state index contributed by atoms with van der Waals surface area (Å²) in [4.78, 5) is 8.47. The molecule has 0 spiro atoms. The molecule has 0 unspecified atom stereocenters. The number of nitrogens with zero attached hydrogens (tertiary/aromatic N) is 2. The van der Waals surface area contributed by atoms with Gasteiger partial charge in [0.25, 0.3) is 0 Å². The third kappa shape index (κ3) is 3.35. The highest BCUT2D eigenvalue weighted by atomic mass is 35.5. The van der Waals surface area contributed by atoms with E-state index < -0.39 is 0 Å². The van der Waals surface area contributed by atoms with Gasteiger partial charge >= 0.3 is 0 Å². The second-order valence-corrected chi connectivity index (χ2v) is 4.54. The van der Waals surface area contributed by atoms with Crippen LogP contribution in [-0.4, -0.2) is 17.0 Å². The molecule has 1 heterocycles. The van der Waals surface area contributed by atoms with Crippen LogP contribution in [0.4, 0.5) is 5.95 Å². The number of ether oxygens (including phenoxy) is 1. The first kappa shape index (κ1) is 13.6. The number of rotatable bonds is 4. The first-order valence-corrected chi connectivity index (χ1v) is 6.50. The molecule has 1 aromatic carbocycles. The van der Waals surface area contributed by atoms with E-state index >= 15 is 0 Å². The molecule has 0 radical (unpaired) electrons. The molecule has 0 atom stereocenters. The molecule has 1 N–H and O–H groups in total. The average molecular weight is 278 g/mol. The normalized spacial score (nSPS) is 10.3. The van der Waals surface area contributed by atoms with Crippen LogP contribution in [0.3, 0.4) is 0 Å². The largest absolute Gasteiger partial charge is 0.439 e. The smallest absolute Gasteiger partial charge is 0.225 e. The second-order valence-electron chi connectivity index (χ2n) is 4.13. The van der Waals surface area contributed by atoms with Crippen molar-refractivity contribution in [3.8, 4) is 11.6 Å². The van der Waals surface area contributed by atoms with Crippen molar-refractivity contribution < 1.29 is 4.74 Å². The zero-order valence-corrected chi connectivity index (χ0v) is 12.0. The summed E-state index contributed by atoms with van der Waals surface area (Å²) in [6.07, 6.45) is 0.862. The lowest BCUT2D eigenvalue weighted by Gasteiger charge is -2.09. The van der Waals surface area contributed by atoms with Crippen molar-refractivity contribution in [2.24, 2.45) is 0 Å². The fraction of sp³-hybridized carbons (Fsp3) is 0.286. The number of aromatic nitrogens is 2. The standard InChI is InChI=1S/C14H16ClN3O/c1-4-10-8-11(5-6-12(10)15)19-13-7-9(2)17-14(16-3)18-13/h5-8H,4H2,1-3H3,(H,16,17,18). The Morgan fingerprint density at radius 1 is 1.26 bits per heavy atom. The number of hydrogen-bond acceptors (Lipinski definition) is 4. The summed E-state index contributed by atoms with van der Waals surface area (Å²) in [7, 11) is 1.77. The van der Waals surface area contributed by atoms with Gasteiger partial charge in [0.05, 0.1) is 0 Å². The number of nitrogens with one attached hydrogen (secondary N) is 1. The predicted octanol–water partition coefficient (Wildman–Crippen LogP) is 3.83. The van der Waals surface area contributed by atoms with Gasteiger partial charge in [-0.05, 0) is 37.1 Å². The molecular formula is C14H16ClN3O. The van der Waals surface area contributed by atoms with Gasteiger partial charge in [-0.2, -0.15) is 4.98 Å². The van der Waals surface area contributed by atoms with Crippen molar-refractivity contribution in [1.82, 2.24) is 9.97 Å². The molecule has 2 aromatic rings. The van der Waals surface area contributed by atoms with E-state index in [2.05, 4.69) is 22.2 Å². The van der Waals surface area contributed by atoms with Crippen LogP contribution in [0.15, 0.2) is 24.3 Å². The van der Waals surface area contributed by atoms with Gasteiger partial charge < -0.3 is 10.1 Å². The number of anilines is 1. The Kier molecular flexibility index (Phi) is 4.22. The highest BCUT2D eigenvalue weighted by Crippen LogP contribution is 2.26. The molecule has 0 bridgehead atoms. The van der Waals surface area contributed by atoms with Gasteiger partial charge in [0.15, 0.2) is 0 Å². The zero-order chi connectivity index (χ0) is 13.8. The van der Waals surface area contributed by atoms with Gasteiger partial charge in [0, 0.05) is 23.8 Å². The second kappa shape index (κ2) is 5.89. The van der Waals surface area contributed by atoms with Gasteiger partial charge in [-0.25, -0.2) is 4.98 Å². The molecule has 2 rings (SSSR count). The molecule has 0 aliphatic carbocycles. The molecule has 100 valence electrons. The van der Waals surface area contributed by atoms with Gasteiger partial charge in [-0.15, -0.1) is 0 Å². The quantitative estimate of drug-likeness (QED) is 0.922. The maximum Gasteiger partial charge on any atom is 0.225 e. The topological polar surface area (TPSA) is 47.0 Å². The number of aryl methyl sites for hydroxylation is 2. The highest BCUT2D eigenvalue weighted by Gasteiger charge is 2.05. The Balaban J connectivity index is 2.28. The van der Waals surface area contributed by atoms with Crippen LogP contribution in [0, 0.1) is 6.92 Å². The van der Waals surface area contributed by atoms with Crippen LogP contribution in [0.1, 0.15) is 18.2 Å². The molecule has 0 amide bonds. The third-order valence-electron chi connectivity index (χ3n) is 2.67. The van der Waals surface area contributed by atoms with Gasteiger partial charge in [-0.3, -0.25) is 0 Å². The van der Waals surface area contributed by atoms with Crippen LogP contribution in [0.5, 0.6) is 11.6 Å². The van der Waals surface area contributed by atoms with Crippen molar-refractivity contribution in [3.05, 3.63) is 40.5 Å². The number of halogens is 1. The van der Waals surface area contributed by atoms with Crippen molar-refractivity contribution in [3.63, 3.8) is 0 Å². The maximum atomic E-state index is 6.08. The monoisotopic (exact) mass is 277 g/mol. The van der Waals surface area contributed by atoms with Gasteiger partial charge in [0.2, 0.25) is 11.8 Å². The van der Waals surface area contributed by atoms with E-state index in [1.54, 1.807) is 13.1 Å². The average Bonchev–Trinajstić information content (AvgIpc) is 2.40. The molecule has 0 fully saturated rings. The maximum absolute atomic E-state index is 6.08. The molecular weight excluding hydrogens is 262 g/mol. The van der Waals surface area contributed by atoms with Crippen LogP contribution in [-0.2, 0) is 6.42 Å². The number of benzene rings is 1. The van der Waals surface area contributed by atoms with E-state index in [1.807, 2.05) is 25.1 Å². The van der Waals surface area contributed by atoms with E-state index in [0.29, 0.717) is 11.8 Å². The fourth-order valence-corrected chi connectivity index (χ4v) is 1.96. The summed E-state index contributed by atoms with van der Waals surface area (Å²) >= 11 is 6.08. The first-order chi connectivity index (χ1) is 9.12. The van der Waals surface area contributed by atoms with Crippen LogP contribution in [0.25, 0.3) is 0 Å². The van der Waals surface area contributed by atoms with Crippen LogP contribution in [0.2, 0.25) is 5.02 Å². The zero-order valence-electron chi connectivity index (χ0n) is 11.2. The summed E-state index contributed by atoms with van der Waals surface area (Å²) < 4.78 is 5.75. The molecule has 5 heteroatoms. The Hall–Kier alpha value is -1.81. The minimum atomic E-state index is 0.515. The molecule has 0 saturated carbocycles. The summed E-state index contributed by atoms with van der Waals surface area (Å²) in [6, 6.07) is 7.39. The summed E-state index contributed by atoms with van der Waals surface area (Å²) in [5.41, 5.74) is 1.90. The molecule has 0 aliphatic rings. The Labute approximate surface area is 117 Å². The van der Waals surface area contributed by atoms with Crippen LogP contribution < -0.4 is 10.1 Å². The predicted molar refractivity (Wildman–Crippen MR) is 77.2 cm³/mol. The highest BCUT2D eigenvalue weighted by molar-refractivity contribution is 6.31. The Bertz CT molecular complexity index is 587. The summed E-state index contributed by atoms with van der Waals surface area (Å²) in [6.45, 7) is 3.95. The van der Waals surface area contributed by atoms with Crippen molar-refractivity contribution in [1.29, 1.82) is 0 Å². The Morgan fingerprint density at radius 2 is 2.05 bits per heavy atom.